The highest BCUT2D eigenvalue weighted by atomic mass is 16.3. The highest BCUT2D eigenvalue weighted by Gasteiger charge is 2.21. The zero-order valence-electron chi connectivity index (χ0n) is 17.3. The number of aromatic nitrogens is 1. The van der Waals surface area contributed by atoms with Gasteiger partial charge < -0.3 is 26.0 Å². The van der Waals surface area contributed by atoms with E-state index in [2.05, 4.69) is 41.3 Å². The van der Waals surface area contributed by atoms with E-state index >= 15 is 0 Å². The zero-order chi connectivity index (χ0) is 20.6. The summed E-state index contributed by atoms with van der Waals surface area (Å²) >= 11 is 0. The molecule has 1 aliphatic rings. The average Bonchev–Trinajstić information content (AvgIpc) is 2.95. The van der Waals surface area contributed by atoms with Crippen LogP contribution >= 0.6 is 0 Å². The van der Waals surface area contributed by atoms with Crippen LogP contribution in [0.5, 0.6) is 0 Å². The van der Waals surface area contributed by atoms with Gasteiger partial charge in [-0.1, -0.05) is 6.92 Å². The zero-order valence-corrected chi connectivity index (χ0v) is 17.3. The molecular weight excluding hydrogens is 352 g/mol. The van der Waals surface area contributed by atoms with Gasteiger partial charge in [0, 0.05) is 40.8 Å². The second kappa shape index (κ2) is 7.72. The molecule has 0 aliphatic carbocycles. The molecule has 0 saturated heterocycles. The summed E-state index contributed by atoms with van der Waals surface area (Å²) in [6.07, 6.45) is 4.02. The van der Waals surface area contributed by atoms with Gasteiger partial charge in [-0.25, -0.2) is 0 Å². The minimum absolute atomic E-state index is 0.145. The number of rotatable bonds is 5. The van der Waals surface area contributed by atoms with E-state index in [1.54, 1.807) is 6.08 Å². The van der Waals surface area contributed by atoms with Crippen LogP contribution in [-0.2, 0) is 0 Å². The van der Waals surface area contributed by atoms with E-state index in [1.807, 2.05) is 26.8 Å². The SMILES string of the molecule is CCC(C)n1cc(C)c2c(C(=O)NCC3=C(C)C=C(N)NC3O)cc(C)cc21. The van der Waals surface area contributed by atoms with Crippen molar-refractivity contribution < 1.29 is 9.90 Å². The number of aliphatic hydroxyl groups excluding tert-OH is 1. The summed E-state index contributed by atoms with van der Waals surface area (Å²) in [5.74, 6) is 0.274. The number of aliphatic hydroxyl groups is 1. The Labute approximate surface area is 166 Å². The molecule has 28 heavy (non-hydrogen) atoms. The van der Waals surface area contributed by atoms with E-state index in [0.29, 0.717) is 23.0 Å². The number of carbonyl (C=O) groups is 1. The topological polar surface area (TPSA) is 92.3 Å². The van der Waals surface area contributed by atoms with E-state index in [4.69, 9.17) is 5.73 Å². The number of hydrogen-bond donors (Lipinski definition) is 4. The average molecular weight is 383 g/mol. The van der Waals surface area contributed by atoms with Crippen molar-refractivity contribution in [3.8, 4) is 0 Å². The van der Waals surface area contributed by atoms with Crippen LogP contribution < -0.4 is 16.4 Å². The number of nitrogens with zero attached hydrogens (tertiary/aromatic N) is 1. The normalized spacial score (nSPS) is 18.1. The van der Waals surface area contributed by atoms with Gasteiger partial charge in [0.2, 0.25) is 0 Å². The molecular formula is C22H30N4O2. The van der Waals surface area contributed by atoms with Crippen molar-refractivity contribution in [3.05, 3.63) is 58.1 Å². The van der Waals surface area contributed by atoms with Crippen LogP contribution in [0.1, 0.15) is 54.7 Å². The largest absolute Gasteiger partial charge is 0.385 e. The predicted molar refractivity (Wildman–Crippen MR) is 113 cm³/mol. The fourth-order valence-electron chi connectivity index (χ4n) is 3.80. The summed E-state index contributed by atoms with van der Waals surface area (Å²) in [6.45, 7) is 10.5. The van der Waals surface area contributed by atoms with Gasteiger partial charge in [-0.05, 0) is 69.0 Å². The lowest BCUT2D eigenvalue weighted by molar-refractivity contribution is 0.0954. The van der Waals surface area contributed by atoms with Crippen molar-refractivity contribution >= 4 is 16.8 Å². The smallest absolute Gasteiger partial charge is 0.252 e. The molecule has 1 aromatic carbocycles. The first-order valence-electron chi connectivity index (χ1n) is 9.74. The van der Waals surface area contributed by atoms with Crippen molar-refractivity contribution in [2.24, 2.45) is 5.73 Å². The molecule has 2 heterocycles. The van der Waals surface area contributed by atoms with E-state index in [0.717, 1.165) is 34.0 Å². The Hall–Kier alpha value is -2.73. The Morgan fingerprint density at radius 2 is 2.07 bits per heavy atom. The van der Waals surface area contributed by atoms with Crippen molar-refractivity contribution in [1.29, 1.82) is 0 Å². The number of allylic oxidation sites excluding steroid dienone is 2. The molecule has 0 spiro atoms. The first-order valence-corrected chi connectivity index (χ1v) is 9.74. The Bertz CT molecular complexity index is 984. The van der Waals surface area contributed by atoms with Gasteiger partial charge in [-0.15, -0.1) is 0 Å². The lowest BCUT2D eigenvalue weighted by Gasteiger charge is -2.24. The number of nitrogens with two attached hydrogens (primary N) is 1. The molecule has 3 rings (SSSR count). The third kappa shape index (κ3) is 3.64. The van der Waals surface area contributed by atoms with Crippen molar-refractivity contribution in [2.75, 3.05) is 6.54 Å². The van der Waals surface area contributed by atoms with Crippen molar-refractivity contribution in [1.82, 2.24) is 15.2 Å². The van der Waals surface area contributed by atoms with Crippen molar-refractivity contribution in [3.63, 3.8) is 0 Å². The number of benzene rings is 1. The third-order valence-corrected chi connectivity index (χ3v) is 5.53. The van der Waals surface area contributed by atoms with Crippen LogP contribution in [0.15, 0.2) is 41.4 Å². The molecule has 0 radical (unpaired) electrons. The molecule has 2 unspecified atom stereocenters. The molecule has 6 heteroatoms. The Balaban J connectivity index is 1.94. The summed E-state index contributed by atoms with van der Waals surface area (Å²) in [5, 5.41) is 16.9. The number of amides is 1. The molecule has 1 aliphatic heterocycles. The number of nitrogens with one attached hydrogen (secondary N) is 2. The minimum atomic E-state index is -0.893. The number of dihydropyridines is 1. The maximum absolute atomic E-state index is 13.0. The van der Waals surface area contributed by atoms with Crippen LogP contribution in [0.4, 0.5) is 0 Å². The van der Waals surface area contributed by atoms with Crippen LogP contribution in [-0.4, -0.2) is 28.4 Å². The quantitative estimate of drug-likeness (QED) is 0.640. The van der Waals surface area contributed by atoms with Gasteiger partial charge >= 0.3 is 0 Å². The first-order chi connectivity index (χ1) is 13.2. The Morgan fingerprint density at radius 1 is 1.36 bits per heavy atom. The molecule has 150 valence electrons. The highest BCUT2D eigenvalue weighted by molar-refractivity contribution is 6.08. The minimum Gasteiger partial charge on any atom is -0.385 e. The predicted octanol–water partition coefficient (Wildman–Crippen LogP) is 3.00. The fraction of sp³-hybridized carbons (Fsp3) is 0.409. The van der Waals surface area contributed by atoms with Crippen LogP contribution in [0.3, 0.4) is 0 Å². The third-order valence-electron chi connectivity index (χ3n) is 5.53. The maximum atomic E-state index is 13.0. The first kappa shape index (κ1) is 20.0. The lowest BCUT2D eigenvalue weighted by atomic mass is 10.0. The van der Waals surface area contributed by atoms with Gasteiger partial charge in [-0.2, -0.15) is 0 Å². The van der Waals surface area contributed by atoms with Crippen LogP contribution in [0.25, 0.3) is 10.9 Å². The Morgan fingerprint density at radius 3 is 2.71 bits per heavy atom. The number of aryl methyl sites for hydroxylation is 2. The molecule has 0 saturated carbocycles. The van der Waals surface area contributed by atoms with E-state index in [-0.39, 0.29) is 12.5 Å². The number of fused-ring (bicyclic) bond motifs is 1. The molecule has 2 aromatic rings. The summed E-state index contributed by atoms with van der Waals surface area (Å²) in [7, 11) is 0. The number of carbonyl (C=O) groups excluding carboxylic acids is 1. The Kier molecular flexibility index (Phi) is 5.52. The molecule has 1 aromatic heterocycles. The molecule has 5 N–H and O–H groups in total. The van der Waals surface area contributed by atoms with Gasteiger partial charge in [-0.3, -0.25) is 4.79 Å². The van der Waals surface area contributed by atoms with E-state index in [9.17, 15) is 9.90 Å². The van der Waals surface area contributed by atoms with Gasteiger partial charge in [0.25, 0.3) is 5.91 Å². The van der Waals surface area contributed by atoms with Gasteiger partial charge in [0.15, 0.2) is 0 Å². The highest BCUT2D eigenvalue weighted by Crippen LogP contribution is 2.30. The van der Waals surface area contributed by atoms with E-state index < -0.39 is 6.23 Å². The molecule has 1 amide bonds. The monoisotopic (exact) mass is 382 g/mol. The lowest BCUT2D eigenvalue weighted by Crippen LogP contribution is -2.40. The molecule has 2 atom stereocenters. The van der Waals surface area contributed by atoms with Crippen LogP contribution in [0, 0.1) is 13.8 Å². The van der Waals surface area contributed by atoms with Crippen molar-refractivity contribution in [2.45, 2.75) is 53.3 Å². The maximum Gasteiger partial charge on any atom is 0.252 e. The fourth-order valence-corrected chi connectivity index (χ4v) is 3.80. The summed E-state index contributed by atoms with van der Waals surface area (Å²) in [4.78, 5) is 13.0. The molecule has 6 nitrogen and oxygen atoms in total. The van der Waals surface area contributed by atoms with Gasteiger partial charge in [0.05, 0.1) is 5.82 Å². The second-order valence-electron chi connectivity index (χ2n) is 7.72. The standard InChI is InChI=1S/C22H30N4O2/c1-6-15(5)26-11-14(4)20-16(7-12(2)8-18(20)26)21(27)24-10-17-13(3)9-19(23)25-22(17)28/h7-9,11,15,22,25,28H,6,10,23H2,1-5H3,(H,24,27). The summed E-state index contributed by atoms with van der Waals surface area (Å²) in [6, 6.07) is 4.43. The van der Waals surface area contributed by atoms with Gasteiger partial charge in [0.1, 0.15) is 6.23 Å². The van der Waals surface area contributed by atoms with E-state index in [1.165, 1.54) is 0 Å². The molecule has 0 bridgehead atoms. The summed E-state index contributed by atoms with van der Waals surface area (Å²) in [5.41, 5.74) is 11.2. The second-order valence-corrected chi connectivity index (χ2v) is 7.72. The molecule has 0 fully saturated rings. The number of hydrogen-bond acceptors (Lipinski definition) is 4. The summed E-state index contributed by atoms with van der Waals surface area (Å²) < 4.78 is 2.25. The van der Waals surface area contributed by atoms with Crippen LogP contribution in [0.2, 0.25) is 0 Å².